The fourth-order valence-electron chi connectivity index (χ4n) is 8.82. The van der Waals surface area contributed by atoms with Gasteiger partial charge in [-0.15, -0.1) is 0 Å². The quantitative estimate of drug-likeness (QED) is 0.0953. The summed E-state index contributed by atoms with van der Waals surface area (Å²) in [6.07, 6.45) is 5.36. The van der Waals surface area contributed by atoms with Gasteiger partial charge < -0.3 is 29.7 Å². The lowest BCUT2D eigenvalue weighted by Gasteiger charge is -2.41. The van der Waals surface area contributed by atoms with Gasteiger partial charge in [0, 0.05) is 40.2 Å². The van der Waals surface area contributed by atoms with E-state index in [1.54, 1.807) is 30.9 Å². The molecule has 0 aromatic heterocycles. The average Bonchev–Trinajstić information content (AvgIpc) is 3.67. The van der Waals surface area contributed by atoms with E-state index in [-0.39, 0.29) is 72.6 Å². The molecule has 3 amide bonds. The number of carbonyl (C=O) groups excluding carboxylic acids is 4. The molecule has 330 valence electrons. The van der Waals surface area contributed by atoms with Gasteiger partial charge in [-0.25, -0.2) is 0 Å². The van der Waals surface area contributed by atoms with E-state index in [1.807, 2.05) is 78.9 Å². The number of unbranched alkanes of at least 4 members (excludes halogenated alkanes) is 3. The van der Waals surface area contributed by atoms with Gasteiger partial charge in [0.05, 0.1) is 42.7 Å². The molecule has 1 aliphatic rings. The summed E-state index contributed by atoms with van der Waals surface area (Å²) in [6, 6.07) is 7.27. The van der Waals surface area contributed by atoms with Gasteiger partial charge in [0.15, 0.2) is 0 Å². The Balaban J connectivity index is 2.26. The molecular weight excluding hydrogens is 737 g/mol. The molecule has 1 heterocycles. The first kappa shape index (κ1) is 50.8. The second-order valence-electron chi connectivity index (χ2n) is 17.4. The predicted octanol–water partition coefficient (Wildman–Crippen LogP) is 6.49. The number of ether oxygens (including phenoxy) is 2. The Bertz CT molecular complexity index is 1420. The summed E-state index contributed by atoms with van der Waals surface area (Å²) in [7, 11) is 6.82. The van der Waals surface area contributed by atoms with Crippen LogP contribution in [0.4, 0.5) is 0 Å². The zero-order chi connectivity index (χ0) is 43.7. The fraction of sp³-hybridized carbons (Fsp3) is 0.761. The van der Waals surface area contributed by atoms with Crippen molar-refractivity contribution in [3.8, 4) is 0 Å². The van der Waals surface area contributed by atoms with Crippen molar-refractivity contribution in [3.63, 3.8) is 0 Å². The minimum atomic E-state index is -1.02. The molecule has 0 saturated carbocycles. The van der Waals surface area contributed by atoms with Gasteiger partial charge in [-0.1, -0.05) is 111 Å². The van der Waals surface area contributed by atoms with Crippen LogP contribution >= 0.6 is 0 Å². The lowest BCUT2D eigenvalue weighted by atomic mass is 9.85. The molecule has 9 atom stereocenters. The number of ketones is 1. The van der Waals surface area contributed by atoms with E-state index in [2.05, 4.69) is 17.1 Å². The van der Waals surface area contributed by atoms with Crippen LogP contribution in [-0.4, -0.2) is 127 Å². The van der Waals surface area contributed by atoms with Crippen molar-refractivity contribution < 1.29 is 38.6 Å². The third kappa shape index (κ3) is 14.4. The number of nitrogens with one attached hydrogen (secondary N) is 1. The largest absolute Gasteiger partial charge is 0.481 e. The normalized spacial score (nSPS) is 18.7. The van der Waals surface area contributed by atoms with E-state index in [0.29, 0.717) is 13.0 Å². The van der Waals surface area contributed by atoms with Crippen LogP contribution in [-0.2, 0) is 39.9 Å². The number of nitrogens with zero attached hydrogens (tertiary/aromatic N) is 3. The Kier molecular flexibility index (Phi) is 22.2. The van der Waals surface area contributed by atoms with Crippen molar-refractivity contribution in [3.05, 3.63) is 35.9 Å². The number of carboxylic acids is 1. The molecule has 0 radical (unpaired) electrons. The van der Waals surface area contributed by atoms with Crippen LogP contribution in [0.1, 0.15) is 119 Å². The van der Waals surface area contributed by atoms with Gasteiger partial charge >= 0.3 is 5.97 Å². The first-order chi connectivity index (χ1) is 27.4. The standard InChI is InChI=1S/C46H78N4O8/c1-13-15-16-20-25-48(9)41(31(5)6)44(53)47-40(30(3)4)45(54)49(10)42(32(7)14-2)38(57-11)29-39(52)50-26-21-24-36(50)43(58-12)33(8)37(51)28-35(46(55)56)27-34-22-18-17-19-23-34/h17-19,22-23,30-33,35-36,38,40-43H,13-16,20-21,24-29H2,1-12H3,(H,47,53)(H,55,56)/t32-,33-,35+,36-,38+,40-,41-,42-,43+/m0/s1. The number of hydrogen-bond donors (Lipinski definition) is 2. The third-order valence-corrected chi connectivity index (χ3v) is 12.4. The first-order valence-electron chi connectivity index (χ1n) is 21.9. The summed E-state index contributed by atoms with van der Waals surface area (Å²) in [5.41, 5.74) is 0.850. The molecule has 12 nitrogen and oxygen atoms in total. The maximum atomic E-state index is 14.5. The van der Waals surface area contributed by atoms with Crippen molar-refractivity contribution in [1.82, 2.24) is 20.0 Å². The van der Waals surface area contributed by atoms with Crippen LogP contribution in [0.15, 0.2) is 30.3 Å². The van der Waals surface area contributed by atoms with Crippen molar-refractivity contribution in [2.75, 3.05) is 41.4 Å². The average molecular weight is 815 g/mol. The summed E-state index contributed by atoms with van der Waals surface area (Å²) in [5.74, 6) is -3.49. The molecule has 0 bridgehead atoms. The Morgan fingerprint density at radius 3 is 2.09 bits per heavy atom. The smallest absolute Gasteiger partial charge is 0.307 e. The van der Waals surface area contributed by atoms with Crippen LogP contribution < -0.4 is 5.32 Å². The van der Waals surface area contributed by atoms with Crippen LogP contribution in [0.25, 0.3) is 0 Å². The highest BCUT2D eigenvalue weighted by Crippen LogP contribution is 2.31. The van der Waals surface area contributed by atoms with E-state index in [4.69, 9.17) is 9.47 Å². The number of aliphatic carboxylic acids is 1. The lowest BCUT2D eigenvalue weighted by molar-refractivity contribution is -0.148. The van der Waals surface area contributed by atoms with Crippen molar-refractivity contribution in [2.45, 2.75) is 156 Å². The molecule has 0 aliphatic carbocycles. The van der Waals surface area contributed by atoms with Crippen LogP contribution in [0.2, 0.25) is 0 Å². The van der Waals surface area contributed by atoms with Crippen LogP contribution in [0.3, 0.4) is 0 Å². The zero-order valence-electron chi connectivity index (χ0n) is 37.9. The summed E-state index contributed by atoms with van der Waals surface area (Å²) in [4.78, 5) is 74.0. The Hall–Kier alpha value is -3.35. The maximum absolute atomic E-state index is 14.5. The van der Waals surface area contributed by atoms with Crippen LogP contribution in [0, 0.1) is 29.6 Å². The Morgan fingerprint density at radius 1 is 0.897 bits per heavy atom. The molecule has 1 aliphatic heterocycles. The molecule has 0 unspecified atom stereocenters. The fourth-order valence-corrected chi connectivity index (χ4v) is 8.82. The highest BCUT2D eigenvalue weighted by atomic mass is 16.5. The zero-order valence-corrected chi connectivity index (χ0v) is 37.9. The molecule has 0 spiro atoms. The van der Waals surface area contributed by atoms with E-state index in [9.17, 15) is 29.1 Å². The topological polar surface area (TPSA) is 146 Å². The van der Waals surface area contributed by atoms with E-state index in [1.165, 1.54) is 7.11 Å². The van der Waals surface area contributed by atoms with Gasteiger partial charge in [0.2, 0.25) is 17.7 Å². The molecule has 1 fully saturated rings. The maximum Gasteiger partial charge on any atom is 0.307 e. The van der Waals surface area contributed by atoms with E-state index in [0.717, 1.165) is 50.6 Å². The van der Waals surface area contributed by atoms with Crippen molar-refractivity contribution in [1.29, 1.82) is 0 Å². The molecule has 2 rings (SSSR count). The Morgan fingerprint density at radius 2 is 1.55 bits per heavy atom. The van der Waals surface area contributed by atoms with Crippen molar-refractivity contribution >= 4 is 29.5 Å². The van der Waals surface area contributed by atoms with Gasteiger partial charge in [0.1, 0.15) is 11.8 Å². The molecule has 1 saturated heterocycles. The number of benzene rings is 1. The number of likely N-dealkylation sites (tertiary alicyclic amines) is 1. The highest BCUT2D eigenvalue weighted by Gasteiger charge is 2.43. The summed E-state index contributed by atoms with van der Waals surface area (Å²) in [6.45, 7) is 17.2. The van der Waals surface area contributed by atoms with Gasteiger partial charge in [-0.05, 0) is 62.6 Å². The molecule has 1 aromatic rings. The number of carboxylic acid groups (broad SMARTS) is 1. The monoisotopic (exact) mass is 815 g/mol. The number of amides is 3. The second kappa shape index (κ2) is 25.3. The SMILES string of the molecule is CCCCCCN(C)[C@H](C(=O)N[C@H](C(=O)N(C)[C@@H]([C@@H](C)CC)[C@@H](CC(=O)N1CCC[C@H]1[C@H](OC)[C@@H](C)C(=O)C[C@@H](Cc1ccccc1)C(=O)O)OC)C(C)C)C(C)C. The number of hydrogen-bond acceptors (Lipinski definition) is 8. The number of Topliss-reactive ketones (excluding diaryl/α,β-unsaturated/α-hetero) is 1. The predicted molar refractivity (Wildman–Crippen MR) is 229 cm³/mol. The summed E-state index contributed by atoms with van der Waals surface area (Å²) < 4.78 is 12.0. The first-order valence-corrected chi connectivity index (χ1v) is 21.9. The molecule has 12 heteroatoms. The van der Waals surface area contributed by atoms with E-state index < -0.39 is 42.1 Å². The van der Waals surface area contributed by atoms with Gasteiger partial charge in [-0.2, -0.15) is 0 Å². The van der Waals surface area contributed by atoms with Gasteiger partial charge in [-0.3, -0.25) is 28.9 Å². The Labute approximate surface area is 350 Å². The summed E-state index contributed by atoms with van der Waals surface area (Å²) >= 11 is 0. The molecule has 2 N–H and O–H groups in total. The molecular formula is C46H78N4O8. The number of carbonyl (C=O) groups is 5. The van der Waals surface area contributed by atoms with Crippen molar-refractivity contribution in [2.24, 2.45) is 29.6 Å². The lowest BCUT2D eigenvalue weighted by Crippen LogP contribution is -2.60. The number of likely N-dealkylation sites (N-methyl/N-ethyl adjacent to an activating group) is 2. The number of methoxy groups -OCH3 is 2. The van der Waals surface area contributed by atoms with Gasteiger partial charge in [0.25, 0.3) is 0 Å². The minimum absolute atomic E-state index is 0.00745. The van der Waals surface area contributed by atoms with E-state index >= 15 is 0 Å². The second-order valence-corrected chi connectivity index (χ2v) is 17.4. The highest BCUT2D eigenvalue weighted by molar-refractivity contribution is 5.90. The van der Waals surface area contributed by atoms with Crippen LogP contribution in [0.5, 0.6) is 0 Å². The number of rotatable bonds is 27. The summed E-state index contributed by atoms with van der Waals surface area (Å²) in [5, 5.41) is 13.1. The molecule has 1 aromatic carbocycles. The molecule has 58 heavy (non-hydrogen) atoms. The third-order valence-electron chi connectivity index (χ3n) is 12.4. The minimum Gasteiger partial charge on any atom is -0.481 e.